The molecule has 0 aliphatic heterocycles. The predicted molar refractivity (Wildman–Crippen MR) is 137 cm³/mol. The Hall–Kier alpha value is -0.299. The van der Waals surface area contributed by atoms with E-state index < -0.39 is 28.9 Å². The van der Waals surface area contributed by atoms with E-state index in [1.807, 2.05) is 50.3 Å². The van der Waals surface area contributed by atoms with Gasteiger partial charge in [0.1, 0.15) is 0 Å². The third kappa shape index (κ3) is 5.12. The zero-order valence-electron chi connectivity index (χ0n) is 19.9. The van der Waals surface area contributed by atoms with Crippen molar-refractivity contribution < 1.29 is 18.5 Å². The van der Waals surface area contributed by atoms with E-state index >= 15 is 0 Å². The van der Waals surface area contributed by atoms with Gasteiger partial charge in [0, 0.05) is 0 Å². The van der Waals surface area contributed by atoms with Crippen molar-refractivity contribution in [3.05, 3.63) is 59.7 Å². The summed E-state index contributed by atoms with van der Waals surface area (Å²) in [4.78, 5) is 4.70. The van der Waals surface area contributed by atoms with Crippen LogP contribution in [0.15, 0.2) is 48.5 Å². The summed E-state index contributed by atoms with van der Waals surface area (Å²) >= 11 is 0. The van der Waals surface area contributed by atoms with Gasteiger partial charge in [0.25, 0.3) is 0 Å². The molecule has 172 valence electrons. The minimum atomic E-state index is -6.30. The standard InChI is InChI=1S/C13H9.C5H13O2Si.C4H10N.CH3.CH2.2ClH.Ti/c1-3-7-12-10(5-1)9-11-6-2-4-8-13(11)12;1-8(2,3)7-5-4-6;1-4(2,3)5;;;;;/h1-9H;4-5H2,1-3H3;5H,1-3H3;1H3;1H2;2*1H;/q;2*-1;;;;;+4/p-2. The zero-order valence-corrected chi connectivity index (χ0v) is 24.0. The second-order valence-corrected chi connectivity index (χ2v) is 40.8. The summed E-state index contributed by atoms with van der Waals surface area (Å²) in [5.74, 6) is 0. The molecule has 0 amide bonds. The summed E-state index contributed by atoms with van der Waals surface area (Å²) < 4.78 is 16.0. The van der Waals surface area contributed by atoms with Crippen LogP contribution in [0.5, 0.6) is 0 Å². The van der Waals surface area contributed by atoms with Gasteiger partial charge < -0.3 is 0 Å². The molecule has 31 heavy (non-hydrogen) atoms. The average Bonchev–Trinajstić information content (AvgIpc) is 2.92. The maximum absolute atomic E-state index is 7.86. The molecule has 0 radical (unpaired) electrons. The Kier molecular flexibility index (Phi) is 5.42. The summed E-state index contributed by atoms with van der Waals surface area (Å²) in [6.45, 7) is 13.3. The van der Waals surface area contributed by atoms with Crippen molar-refractivity contribution in [2.45, 2.75) is 55.4 Å². The third-order valence-electron chi connectivity index (χ3n) is 5.84. The number of halogens is 2. The van der Waals surface area contributed by atoms with Crippen LogP contribution in [-0.2, 0) is 18.5 Å². The second-order valence-electron chi connectivity index (χ2n) is 12.1. The number of hydrogen-bond donors (Lipinski definition) is 1. The fourth-order valence-electron chi connectivity index (χ4n) is 5.44. The van der Waals surface area contributed by atoms with Gasteiger partial charge in [0.2, 0.25) is 0 Å². The first-order chi connectivity index (χ1) is 13.8. The third-order valence-corrected chi connectivity index (χ3v) is 18.8. The molecule has 0 heterocycles. The first-order valence-corrected chi connectivity index (χ1v) is 23.7. The monoisotopic (exact) mass is 517 g/mol. The topological polar surface area (TPSA) is 30.5 Å². The van der Waals surface area contributed by atoms with Crippen molar-refractivity contribution >= 4 is 31.7 Å². The van der Waals surface area contributed by atoms with Gasteiger partial charge in [-0.05, 0) is 0 Å². The number of nitrogens with one attached hydrogen (secondary N) is 1. The molecule has 1 N–H and O–H groups in total. The van der Waals surface area contributed by atoms with Crippen LogP contribution in [0.1, 0.15) is 36.1 Å². The molecule has 0 bridgehead atoms. The Balaban J connectivity index is 2.25. The summed E-state index contributed by atoms with van der Waals surface area (Å²) in [5.41, 5.74) is 3.90. The number of fused-ring (bicyclic) bond motifs is 3. The Morgan fingerprint density at radius 3 is 1.81 bits per heavy atom. The van der Waals surface area contributed by atoms with Gasteiger partial charge in [0.05, 0.1) is 0 Å². The van der Waals surface area contributed by atoms with Gasteiger partial charge in [0.15, 0.2) is 0 Å². The number of benzene rings is 2. The van der Waals surface area contributed by atoms with Crippen LogP contribution in [0, 0.1) is 0 Å². The van der Waals surface area contributed by atoms with Crippen LogP contribution >= 0.6 is 18.6 Å². The van der Waals surface area contributed by atoms with Gasteiger partial charge in [-0.2, -0.15) is 0 Å². The summed E-state index contributed by atoms with van der Waals surface area (Å²) in [7, 11) is 7.71. The van der Waals surface area contributed by atoms with Crippen LogP contribution in [0.4, 0.5) is 0 Å². The van der Waals surface area contributed by atoms with Crippen LogP contribution in [0.2, 0.25) is 24.9 Å². The Bertz CT molecular complexity index is 1090. The SMILES string of the molecule is [CH2]=[Ti]([CH3])([Cl])([Cl])([NH]C(C)(C)C)([O]CCO[Si](C)(C)C)[CH]1c2ccccc2-c2ccccc21. The van der Waals surface area contributed by atoms with E-state index in [4.69, 9.17) is 31.2 Å². The molecule has 2 aromatic carbocycles. The van der Waals surface area contributed by atoms with Gasteiger partial charge in [-0.15, -0.1) is 0 Å². The zero-order chi connectivity index (χ0) is 23.5. The molecule has 0 spiro atoms. The fraction of sp³-hybridized carbons (Fsp3) is 0.458. The normalized spacial score (nSPS) is 18.4. The molecule has 0 atom stereocenters. The van der Waals surface area contributed by atoms with E-state index in [0.717, 1.165) is 22.3 Å². The van der Waals surface area contributed by atoms with Gasteiger partial charge in [-0.3, -0.25) is 0 Å². The van der Waals surface area contributed by atoms with Crippen molar-refractivity contribution in [1.82, 2.24) is 3.80 Å². The molecule has 1 aliphatic rings. The molecule has 0 aromatic heterocycles. The number of hydrogen-bond acceptors (Lipinski definition) is 3. The van der Waals surface area contributed by atoms with Crippen molar-refractivity contribution in [2.24, 2.45) is 0 Å². The first kappa shape index (κ1) is 25.3. The van der Waals surface area contributed by atoms with E-state index in [-0.39, 0.29) is 6.61 Å². The molecule has 1 aliphatic carbocycles. The van der Waals surface area contributed by atoms with E-state index in [9.17, 15) is 0 Å². The average molecular weight is 518 g/mol. The molecule has 0 unspecified atom stereocenters. The molecule has 0 fully saturated rings. The van der Waals surface area contributed by atoms with Crippen LogP contribution in [0.3, 0.4) is 0 Å². The molecule has 3 nitrogen and oxygen atoms in total. The summed E-state index contributed by atoms with van der Waals surface area (Å²) in [6.07, 6.45) is 0. The number of rotatable bonds is 7. The van der Waals surface area contributed by atoms with Gasteiger partial charge in [-0.1, -0.05) is 0 Å². The van der Waals surface area contributed by atoms with Crippen LogP contribution in [0.25, 0.3) is 11.1 Å². The van der Waals surface area contributed by atoms with Gasteiger partial charge in [-0.25, -0.2) is 0 Å². The first-order valence-electron chi connectivity index (χ1n) is 11.0. The van der Waals surface area contributed by atoms with E-state index in [0.29, 0.717) is 6.61 Å². The van der Waals surface area contributed by atoms with Crippen molar-refractivity contribution in [1.29, 1.82) is 0 Å². The van der Waals surface area contributed by atoms with Crippen LogP contribution in [-0.4, -0.2) is 31.9 Å². The molecule has 0 saturated heterocycles. The molecule has 2 aromatic rings. The van der Waals surface area contributed by atoms with Gasteiger partial charge >= 0.3 is 193 Å². The van der Waals surface area contributed by atoms with Crippen LogP contribution < -0.4 is 3.80 Å². The Labute approximate surface area is 192 Å². The van der Waals surface area contributed by atoms with Crippen molar-refractivity contribution in [3.63, 3.8) is 0 Å². The Morgan fingerprint density at radius 2 is 1.39 bits per heavy atom. The van der Waals surface area contributed by atoms with Crippen molar-refractivity contribution in [3.8, 4) is 11.1 Å². The quantitative estimate of drug-likeness (QED) is 0.306. The van der Waals surface area contributed by atoms with E-state index in [1.165, 1.54) is 0 Å². The summed E-state index contributed by atoms with van der Waals surface area (Å²) in [5, 5.41) is 1.85. The molecular weight excluding hydrogens is 481 g/mol. The molecular formula is C24H37Cl2NO2SiTi. The van der Waals surface area contributed by atoms with E-state index in [2.05, 4.69) is 47.7 Å². The predicted octanol–water partition coefficient (Wildman–Crippen LogP) is 7.39. The minimum absolute atomic E-state index is 0.261. The molecule has 7 heteroatoms. The summed E-state index contributed by atoms with van der Waals surface area (Å²) in [6, 6.07) is 16.5. The molecule has 0 saturated carbocycles. The van der Waals surface area contributed by atoms with Crippen molar-refractivity contribution in [2.75, 3.05) is 13.2 Å². The maximum atomic E-state index is 7.86. The fourth-order valence-corrected chi connectivity index (χ4v) is 21.0. The molecule has 3 rings (SSSR count). The van der Waals surface area contributed by atoms with E-state index in [1.54, 1.807) is 0 Å². The Morgan fingerprint density at radius 1 is 0.935 bits per heavy atom. The second kappa shape index (κ2) is 6.64.